The zero-order valence-electron chi connectivity index (χ0n) is 22.2. The molecule has 7 nitrogen and oxygen atoms in total. The van der Waals surface area contributed by atoms with Gasteiger partial charge in [-0.1, -0.05) is 12.1 Å². The zero-order valence-corrected chi connectivity index (χ0v) is 22.2. The number of hydrogen-bond donors (Lipinski definition) is 0. The van der Waals surface area contributed by atoms with Gasteiger partial charge in [-0.05, 0) is 41.8 Å². The highest BCUT2D eigenvalue weighted by atomic mass is 19.4. The number of rotatable bonds is 2. The van der Waals surface area contributed by atoms with E-state index in [4.69, 9.17) is 10.5 Å². The second kappa shape index (κ2) is 10.5. The van der Waals surface area contributed by atoms with Gasteiger partial charge in [0.05, 0.1) is 82.2 Å². The Morgan fingerprint density at radius 1 is 0.591 bits per heavy atom. The molecule has 8 atom stereocenters. The number of Topliss-reactive ketones (excluding diaryl/α,β-unsaturated/α-hetero) is 2. The standard InChI is InChI=1S/C31H17F6N5O2/c32-30(33,34)22-5-13(1-3-15(22)8-38)24-19(10-40)26-17(28(24)43)7-18-27(21(26)12-42)20(11-41)25(29(18)44)14-2-4-16(9-39)23(6-14)31(35,36)37/h1-6,17-21,24-27H,7H2. The molecule has 3 aliphatic carbocycles. The number of halogens is 6. The van der Waals surface area contributed by atoms with E-state index in [0.717, 1.165) is 24.3 Å². The molecule has 0 heterocycles. The van der Waals surface area contributed by atoms with Gasteiger partial charge in [0.2, 0.25) is 0 Å². The summed E-state index contributed by atoms with van der Waals surface area (Å²) in [5, 5.41) is 48.9. The molecule has 0 aromatic heterocycles. The number of nitrogens with zero attached hydrogens (tertiary/aromatic N) is 5. The predicted octanol–water partition coefficient (Wildman–Crippen LogP) is 5.79. The molecule has 0 amide bonds. The van der Waals surface area contributed by atoms with Crippen LogP contribution in [0.4, 0.5) is 26.3 Å². The van der Waals surface area contributed by atoms with Crippen LogP contribution in [0.25, 0.3) is 0 Å². The Morgan fingerprint density at radius 3 is 1.25 bits per heavy atom. The van der Waals surface area contributed by atoms with Crippen LogP contribution in [-0.2, 0) is 21.9 Å². The first-order chi connectivity index (χ1) is 20.7. The van der Waals surface area contributed by atoms with Crippen LogP contribution in [0.5, 0.6) is 0 Å². The van der Waals surface area contributed by atoms with Crippen molar-refractivity contribution in [3.63, 3.8) is 0 Å². The Balaban J connectivity index is 1.58. The van der Waals surface area contributed by atoms with E-state index in [2.05, 4.69) is 0 Å². The highest BCUT2D eigenvalue weighted by molar-refractivity contribution is 5.95. The zero-order chi connectivity index (χ0) is 32.3. The van der Waals surface area contributed by atoms with Crippen molar-refractivity contribution in [2.45, 2.75) is 30.6 Å². The lowest BCUT2D eigenvalue weighted by Crippen LogP contribution is -2.41. The van der Waals surface area contributed by atoms with Crippen molar-refractivity contribution >= 4 is 11.6 Å². The number of benzene rings is 2. The fourth-order valence-corrected chi connectivity index (χ4v) is 7.57. The molecule has 0 aliphatic heterocycles. The molecule has 13 heteroatoms. The van der Waals surface area contributed by atoms with Crippen LogP contribution in [0.2, 0.25) is 0 Å². The molecule has 5 rings (SSSR count). The van der Waals surface area contributed by atoms with E-state index in [1.165, 1.54) is 12.1 Å². The summed E-state index contributed by atoms with van der Waals surface area (Å²) in [6.45, 7) is 0. The number of nitriles is 5. The number of alkyl halides is 6. The van der Waals surface area contributed by atoms with Crippen molar-refractivity contribution in [3.8, 4) is 30.3 Å². The van der Waals surface area contributed by atoms with E-state index in [-0.39, 0.29) is 17.5 Å². The van der Waals surface area contributed by atoms with Gasteiger partial charge >= 0.3 is 12.4 Å². The van der Waals surface area contributed by atoms with Gasteiger partial charge in [-0.25, -0.2) is 0 Å². The Hall–Kier alpha value is -5.19. The average Bonchev–Trinajstić information content (AvgIpc) is 3.44. The molecule has 220 valence electrons. The van der Waals surface area contributed by atoms with Crippen LogP contribution in [0, 0.1) is 98.1 Å². The highest BCUT2D eigenvalue weighted by Crippen LogP contribution is 2.62. The molecule has 2 aromatic carbocycles. The third kappa shape index (κ3) is 4.47. The molecule has 0 radical (unpaired) electrons. The molecule has 44 heavy (non-hydrogen) atoms. The summed E-state index contributed by atoms with van der Waals surface area (Å²) in [4.78, 5) is 27.5. The van der Waals surface area contributed by atoms with Gasteiger partial charge < -0.3 is 0 Å². The molecule has 0 bridgehead atoms. The second-order valence-corrected chi connectivity index (χ2v) is 11.2. The summed E-state index contributed by atoms with van der Waals surface area (Å²) in [6.07, 6.45) is -10.1. The van der Waals surface area contributed by atoms with Crippen molar-refractivity contribution in [2.75, 3.05) is 0 Å². The van der Waals surface area contributed by atoms with E-state index in [0.29, 0.717) is 12.1 Å². The largest absolute Gasteiger partial charge is 0.417 e. The maximum absolute atomic E-state index is 13.8. The lowest BCUT2D eigenvalue weighted by molar-refractivity contribution is -0.138. The molecular weight excluding hydrogens is 588 g/mol. The van der Waals surface area contributed by atoms with Crippen LogP contribution >= 0.6 is 0 Å². The number of fused-ring (bicyclic) bond motifs is 2. The first kappa shape index (κ1) is 30.3. The monoisotopic (exact) mass is 605 g/mol. The van der Waals surface area contributed by atoms with E-state index in [1.807, 2.05) is 18.2 Å². The fraction of sp³-hybridized carbons (Fsp3) is 0.387. The lowest BCUT2D eigenvalue weighted by Gasteiger charge is -2.39. The summed E-state index contributed by atoms with van der Waals surface area (Å²) in [5.41, 5.74) is -4.33. The first-order valence-corrected chi connectivity index (χ1v) is 13.2. The Bertz CT molecular complexity index is 1670. The van der Waals surface area contributed by atoms with Gasteiger partial charge in [-0.15, -0.1) is 0 Å². The highest BCUT2D eigenvalue weighted by Gasteiger charge is 2.65. The van der Waals surface area contributed by atoms with E-state index >= 15 is 0 Å². The van der Waals surface area contributed by atoms with Gasteiger partial charge in [0.25, 0.3) is 0 Å². The smallest absolute Gasteiger partial charge is 0.299 e. The third-order valence-corrected chi connectivity index (χ3v) is 9.26. The Kier molecular flexibility index (Phi) is 7.23. The normalized spacial score (nSPS) is 31.1. The topological polar surface area (TPSA) is 153 Å². The third-order valence-electron chi connectivity index (χ3n) is 9.26. The van der Waals surface area contributed by atoms with Crippen molar-refractivity contribution in [1.29, 1.82) is 26.3 Å². The second-order valence-electron chi connectivity index (χ2n) is 11.2. The Labute approximate surface area is 246 Å². The molecule has 3 saturated carbocycles. The molecule has 3 aliphatic rings. The summed E-state index contributed by atoms with van der Waals surface area (Å²) in [5.74, 6) is -12.4. The van der Waals surface area contributed by atoms with Crippen molar-refractivity contribution < 1.29 is 35.9 Å². The average molecular weight is 605 g/mol. The van der Waals surface area contributed by atoms with Crippen LogP contribution in [0.1, 0.15) is 51.6 Å². The summed E-state index contributed by atoms with van der Waals surface area (Å²) < 4.78 is 82.1. The molecule has 2 aromatic rings. The van der Waals surface area contributed by atoms with Crippen LogP contribution in [0.15, 0.2) is 36.4 Å². The van der Waals surface area contributed by atoms with Crippen molar-refractivity contribution in [2.24, 2.45) is 41.4 Å². The minimum absolute atomic E-state index is 0.178. The van der Waals surface area contributed by atoms with Gasteiger partial charge in [0.1, 0.15) is 11.6 Å². The van der Waals surface area contributed by atoms with Gasteiger partial charge in [-0.2, -0.15) is 52.7 Å². The van der Waals surface area contributed by atoms with E-state index in [9.17, 15) is 51.7 Å². The quantitative estimate of drug-likeness (QED) is 0.393. The summed E-state index contributed by atoms with van der Waals surface area (Å²) in [6, 6.07) is 14.1. The number of ketones is 2. The molecule has 3 fully saturated rings. The van der Waals surface area contributed by atoms with Gasteiger partial charge in [-0.3, -0.25) is 9.59 Å². The maximum atomic E-state index is 13.8. The molecule has 0 N–H and O–H groups in total. The molecular formula is C31H17F6N5O2. The first-order valence-electron chi connectivity index (χ1n) is 13.2. The minimum atomic E-state index is -4.94. The van der Waals surface area contributed by atoms with E-state index < -0.39 is 99.4 Å². The number of hydrogen-bond acceptors (Lipinski definition) is 7. The fourth-order valence-electron chi connectivity index (χ4n) is 7.57. The van der Waals surface area contributed by atoms with Crippen molar-refractivity contribution in [3.05, 3.63) is 69.8 Å². The molecule has 0 saturated heterocycles. The van der Waals surface area contributed by atoms with Gasteiger partial charge in [0, 0.05) is 23.7 Å². The van der Waals surface area contributed by atoms with Crippen LogP contribution in [0.3, 0.4) is 0 Å². The minimum Gasteiger partial charge on any atom is -0.299 e. The lowest BCUT2D eigenvalue weighted by atomic mass is 9.60. The summed E-state index contributed by atoms with van der Waals surface area (Å²) >= 11 is 0. The number of carbonyl (C=O) groups excluding carboxylic acids is 2. The Morgan fingerprint density at radius 2 is 0.955 bits per heavy atom. The molecule has 8 unspecified atom stereocenters. The van der Waals surface area contributed by atoms with Crippen LogP contribution in [-0.4, -0.2) is 11.6 Å². The number of carbonyl (C=O) groups is 2. The van der Waals surface area contributed by atoms with Gasteiger partial charge in [0.15, 0.2) is 0 Å². The van der Waals surface area contributed by atoms with Crippen molar-refractivity contribution in [1.82, 2.24) is 0 Å². The van der Waals surface area contributed by atoms with Crippen LogP contribution < -0.4 is 0 Å². The SMILES string of the molecule is N#Cc1ccc(C2C(=O)C3CC4C(=O)C(c5ccc(C#N)c(C(F)(F)F)c5)C(C#N)C4C(C#N)C3C2C#N)cc1C(F)(F)F. The summed E-state index contributed by atoms with van der Waals surface area (Å²) in [7, 11) is 0. The molecule has 0 spiro atoms. The maximum Gasteiger partial charge on any atom is 0.417 e. The predicted molar refractivity (Wildman–Crippen MR) is 134 cm³/mol. The van der Waals surface area contributed by atoms with E-state index in [1.54, 1.807) is 0 Å².